The Bertz CT molecular complexity index is 701. The van der Waals surface area contributed by atoms with E-state index < -0.39 is 0 Å². The molecule has 21 heavy (non-hydrogen) atoms. The predicted molar refractivity (Wildman–Crippen MR) is 84.8 cm³/mol. The van der Waals surface area contributed by atoms with Crippen molar-refractivity contribution in [1.29, 1.82) is 0 Å². The molecule has 3 rings (SSSR count). The molecular weight excluding hydrogens is 260 g/mol. The standard InChI is InChI=1S/C17H18N4/c1-12(13-7-9-15(18)10-8-13)11-16-19-17(21-20-16)14-5-3-2-4-6-14/h2-10,12H,11,18H2,1H3,(H,19,20,21). The van der Waals surface area contributed by atoms with E-state index in [1.165, 1.54) is 5.56 Å². The third-order valence-corrected chi connectivity index (χ3v) is 3.57. The molecule has 3 aromatic rings. The van der Waals surface area contributed by atoms with E-state index in [0.717, 1.165) is 29.3 Å². The molecule has 1 heterocycles. The van der Waals surface area contributed by atoms with Gasteiger partial charge in [-0.1, -0.05) is 49.4 Å². The van der Waals surface area contributed by atoms with Gasteiger partial charge in [0.15, 0.2) is 5.82 Å². The first-order chi connectivity index (χ1) is 10.2. The number of benzene rings is 2. The molecule has 0 amide bonds. The lowest BCUT2D eigenvalue weighted by atomic mass is 9.97. The summed E-state index contributed by atoms with van der Waals surface area (Å²) in [4.78, 5) is 4.57. The second-order valence-electron chi connectivity index (χ2n) is 5.24. The highest BCUT2D eigenvalue weighted by molar-refractivity contribution is 5.53. The number of nitrogen functional groups attached to an aromatic ring is 1. The van der Waals surface area contributed by atoms with Crippen molar-refractivity contribution in [1.82, 2.24) is 15.2 Å². The highest BCUT2D eigenvalue weighted by Crippen LogP contribution is 2.21. The number of aromatic amines is 1. The number of anilines is 1. The Morgan fingerprint density at radius 1 is 1.05 bits per heavy atom. The molecule has 1 aromatic heterocycles. The SMILES string of the molecule is CC(Cc1nc(-c2ccccc2)n[nH]1)c1ccc(N)cc1. The molecule has 106 valence electrons. The zero-order valence-corrected chi connectivity index (χ0v) is 12.0. The fourth-order valence-electron chi connectivity index (χ4n) is 2.34. The average Bonchev–Trinajstić information content (AvgIpc) is 2.97. The number of nitrogens with two attached hydrogens (primary N) is 1. The van der Waals surface area contributed by atoms with Gasteiger partial charge in [0.1, 0.15) is 5.82 Å². The van der Waals surface area contributed by atoms with Gasteiger partial charge in [-0.25, -0.2) is 4.98 Å². The van der Waals surface area contributed by atoms with Gasteiger partial charge in [-0.15, -0.1) is 0 Å². The van der Waals surface area contributed by atoms with Crippen molar-refractivity contribution >= 4 is 5.69 Å². The lowest BCUT2D eigenvalue weighted by Crippen LogP contribution is -2.00. The van der Waals surface area contributed by atoms with Gasteiger partial charge in [0, 0.05) is 17.7 Å². The van der Waals surface area contributed by atoms with E-state index in [4.69, 9.17) is 5.73 Å². The van der Waals surface area contributed by atoms with Gasteiger partial charge < -0.3 is 5.73 Å². The summed E-state index contributed by atoms with van der Waals surface area (Å²) in [6.07, 6.45) is 0.823. The van der Waals surface area contributed by atoms with Gasteiger partial charge >= 0.3 is 0 Å². The van der Waals surface area contributed by atoms with Gasteiger partial charge in [-0.05, 0) is 23.6 Å². The van der Waals surface area contributed by atoms with E-state index in [-0.39, 0.29) is 0 Å². The van der Waals surface area contributed by atoms with Gasteiger partial charge in [0.05, 0.1) is 0 Å². The van der Waals surface area contributed by atoms with Crippen LogP contribution in [0.4, 0.5) is 5.69 Å². The van der Waals surface area contributed by atoms with Crippen molar-refractivity contribution in [3.8, 4) is 11.4 Å². The highest BCUT2D eigenvalue weighted by Gasteiger charge is 2.11. The summed E-state index contributed by atoms with van der Waals surface area (Å²) in [7, 11) is 0. The molecule has 0 bridgehead atoms. The maximum atomic E-state index is 5.72. The molecule has 4 heteroatoms. The molecular formula is C17H18N4. The van der Waals surface area contributed by atoms with Crippen molar-refractivity contribution in [2.45, 2.75) is 19.3 Å². The Balaban J connectivity index is 1.74. The van der Waals surface area contributed by atoms with E-state index >= 15 is 0 Å². The fraction of sp³-hybridized carbons (Fsp3) is 0.176. The predicted octanol–water partition coefficient (Wildman–Crippen LogP) is 3.40. The molecule has 0 aliphatic carbocycles. The molecule has 3 N–H and O–H groups in total. The first-order valence-corrected chi connectivity index (χ1v) is 7.04. The number of nitrogens with one attached hydrogen (secondary N) is 1. The topological polar surface area (TPSA) is 67.6 Å². The molecule has 0 saturated carbocycles. The third-order valence-electron chi connectivity index (χ3n) is 3.57. The van der Waals surface area contributed by atoms with E-state index in [9.17, 15) is 0 Å². The Hall–Kier alpha value is -2.62. The second-order valence-corrected chi connectivity index (χ2v) is 5.24. The largest absolute Gasteiger partial charge is 0.399 e. The van der Waals surface area contributed by atoms with Crippen LogP contribution in [0.5, 0.6) is 0 Å². The second kappa shape index (κ2) is 5.79. The minimum Gasteiger partial charge on any atom is -0.399 e. The number of H-pyrrole nitrogens is 1. The van der Waals surface area contributed by atoms with Crippen LogP contribution in [0.25, 0.3) is 11.4 Å². The normalized spacial score (nSPS) is 12.2. The molecule has 0 aliphatic heterocycles. The van der Waals surface area contributed by atoms with Gasteiger partial charge in [0.2, 0.25) is 0 Å². The Morgan fingerprint density at radius 2 is 1.76 bits per heavy atom. The average molecular weight is 278 g/mol. The maximum Gasteiger partial charge on any atom is 0.181 e. The number of hydrogen-bond donors (Lipinski definition) is 2. The van der Waals surface area contributed by atoms with Crippen molar-refractivity contribution in [2.24, 2.45) is 0 Å². The summed E-state index contributed by atoms with van der Waals surface area (Å²) in [6.45, 7) is 2.18. The fourth-order valence-corrected chi connectivity index (χ4v) is 2.34. The molecule has 0 fully saturated rings. The molecule has 1 unspecified atom stereocenters. The third kappa shape index (κ3) is 3.11. The zero-order chi connectivity index (χ0) is 14.7. The van der Waals surface area contributed by atoms with Crippen LogP contribution in [0, 0.1) is 0 Å². The summed E-state index contributed by atoms with van der Waals surface area (Å²) in [5.41, 5.74) is 8.79. The van der Waals surface area contributed by atoms with Crippen LogP contribution in [0.3, 0.4) is 0 Å². The molecule has 0 saturated heterocycles. The van der Waals surface area contributed by atoms with Crippen LogP contribution >= 0.6 is 0 Å². The number of rotatable bonds is 4. The lowest BCUT2D eigenvalue weighted by molar-refractivity contribution is 0.721. The molecule has 4 nitrogen and oxygen atoms in total. The van der Waals surface area contributed by atoms with Crippen LogP contribution in [0.2, 0.25) is 0 Å². The summed E-state index contributed by atoms with van der Waals surface area (Å²) in [5.74, 6) is 2.01. The van der Waals surface area contributed by atoms with E-state index in [1.54, 1.807) is 0 Å². The highest BCUT2D eigenvalue weighted by atomic mass is 15.2. The van der Waals surface area contributed by atoms with Crippen molar-refractivity contribution in [3.63, 3.8) is 0 Å². The van der Waals surface area contributed by atoms with Crippen LogP contribution in [0.1, 0.15) is 24.2 Å². The molecule has 1 atom stereocenters. The van der Waals surface area contributed by atoms with Gasteiger partial charge in [-0.2, -0.15) is 5.10 Å². The number of nitrogens with zero attached hydrogens (tertiary/aromatic N) is 2. The Morgan fingerprint density at radius 3 is 2.48 bits per heavy atom. The van der Waals surface area contributed by atoms with Crippen LogP contribution in [0.15, 0.2) is 54.6 Å². The molecule has 0 spiro atoms. The van der Waals surface area contributed by atoms with Crippen LogP contribution in [-0.2, 0) is 6.42 Å². The van der Waals surface area contributed by atoms with Crippen LogP contribution in [-0.4, -0.2) is 15.2 Å². The molecule has 0 aliphatic rings. The summed E-state index contributed by atoms with van der Waals surface area (Å²) in [6, 6.07) is 18.0. The zero-order valence-electron chi connectivity index (χ0n) is 12.0. The minimum absolute atomic E-state index is 0.363. The van der Waals surface area contributed by atoms with E-state index in [2.05, 4.69) is 34.2 Å². The van der Waals surface area contributed by atoms with Crippen molar-refractivity contribution in [2.75, 3.05) is 5.73 Å². The summed E-state index contributed by atoms with van der Waals surface area (Å²) < 4.78 is 0. The van der Waals surface area contributed by atoms with Crippen LogP contribution < -0.4 is 5.73 Å². The Labute approximate surface area is 124 Å². The first-order valence-electron chi connectivity index (χ1n) is 7.04. The van der Waals surface area contributed by atoms with Gasteiger partial charge in [-0.3, -0.25) is 5.10 Å². The lowest BCUT2D eigenvalue weighted by Gasteiger charge is -2.09. The van der Waals surface area contributed by atoms with Crippen molar-refractivity contribution < 1.29 is 0 Å². The molecule has 2 aromatic carbocycles. The number of hydrogen-bond acceptors (Lipinski definition) is 3. The van der Waals surface area contributed by atoms with Crippen molar-refractivity contribution in [3.05, 3.63) is 66.0 Å². The van der Waals surface area contributed by atoms with E-state index in [1.807, 2.05) is 42.5 Å². The number of aromatic nitrogens is 3. The molecule has 0 radical (unpaired) electrons. The quantitative estimate of drug-likeness (QED) is 0.719. The smallest absolute Gasteiger partial charge is 0.181 e. The summed E-state index contributed by atoms with van der Waals surface area (Å²) >= 11 is 0. The maximum absolute atomic E-state index is 5.72. The Kier molecular flexibility index (Phi) is 3.69. The minimum atomic E-state index is 0.363. The monoisotopic (exact) mass is 278 g/mol. The van der Waals surface area contributed by atoms with Gasteiger partial charge in [0.25, 0.3) is 0 Å². The summed E-state index contributed by atoms with van der Waals surface area (Å²) in [5, 5.41) is 7.32. The first kappa shape index (κ1) is 13.4. The van der Waals surface area contributed by atoms with E-state index in [0.29, 0.717) is 5.92 Å².